The molecule has 1 N–H and O–H groups in total. The highest BCUT2D eigenvalue weighted by atomic mass is 16.5. The largest absolute Gasteiger partial charge is 0.494 e. The lowest BCUT2D eigenvalue weighted by molar-refractivity contribution is 0.233. The molecule has 0 saturated heterocycles. The van der Waals surface area contributed by atoms with Crippen LogP contribution in [0, 0.1) is 0 Å². The summed E-state index contributed by atoms with van der Waals surface area (Å²) in [7, 11) is 0. The topological polar surface area (TPSA) is 29.5 Å². The average molecular weight is 194 g/mol. The highest BCUT2D eigenvalue weighted by Gasteiger charge is 1.94. The van der Waals surface area contributed by atoms with Gasteiger partial charge in [-0.2, -0.15) is 0 Å². The Balaban J connectivity index is 2.38. The normalized spacial score (nSPS) is 10.1. The standard InChI is InChI=1S/C12H18O2/c1-2-4-11-5-7-12(8-6-11)14-10-3-9-13/h5-8,13H,2-4,9-10H2,1H3. The van der Waals surface area contributed by atoms with Gasteiger partial charge in [0.05, 0.1) is 6.61 Å². The van der Waals surface area contributed by atoms with Crippen molar-refractivity contribution >= 4 is 0 Å². The van der Waals surface area contributed by atoms with E-state index < -0.39 is 0 Å². The summed E-state index contributed by atoms with van der Waals surface area (Å²) in [6.07, 6.45) is 2.98. The Labute approximate surface area is 85.5 Å². The summed E-state index contributed by atoms with van der Waals surface area (Å²) in [6.45, 7) is 2.95. The summed E-state index contributed by atoms with van der Waals surface area (Å²) in [5.74, 6) is 0.887. The van der Waals surface area contributed by atoms with Gasteiger partial charge in [-0.25, -0.2) is 0 Å². The maximum atomic E-state index is 8.58. The van der Waals surface area contributed by atoms with Gasteiger partial charge in [-0.15, -0.1) is 0 Å². The Hall–Kier alpha value is -1.02. The van der Waals surface area contributed by atoms with Gasteiger partial charge >= 0.3 is 0 Å². The second-order valence-electron chi connectivity index (χ2n) is 3.32. The van der Waals surface area contributed by atoms with Gasteiger partial charge in [0.25, 0.3) is 0 Å². The van der Waals surface area contributed by atoms with E-state index in [1.165, 1.54) is 12.0 Å². The molecule has 14 heavy (non-hydrogen) atoms. The molecule has 0 fully saturated rings. The fraction of sp³-hybridized carbons (Fsp3) is 0.500. The van der Waals surface area contributed by atoms with Gasteiger partial charge in [0.15, 0.2) is 0 Å². The number of hydrogen-bond acceptors (Lipinski definition) is 2. The zero-order chi connectivity index (χ0) is 10.2. The molecular formula is C12H18O2. The molecule has 0 spiro atoms. The second-order valence-corrected chi connectivity index (χ2v) is 3.32. The van der Waals surface area contributed by atoms with E-state index in [9.17, 15) is 0 Å². The number of benzene rings is 1. The molecule has 1 aromatic rings. The predicted octanol–water partition coefficient (Wildman–Crippen LogP) is 2.40. The van der Waals surface area contributed by atoms with Crippen LogP contribution in [0.1, 0.15) is 25.3 Å². The van der Waals surface area contributed by atoms with E-state index in [0.29, 0.717) is 13.0 Å². The van der Waals surface area contributed by atoms with Crippen LogP contribution in [-0.2, 0) is 6.42 Å². The molecule has 2 heteroatoms. The molecule has 0 atom stereocenters. The number of rotatable bonds is 6. The second kappa shape index (κ2) is 6.44. The number of aliphatic hydroxyl groups is 1. The highest BCUT2D eigenvalue weighted by Crippen LogP contribution is 2.13. The smallest absolute Gasteiger partial charge is 0.119 e. The van der Waals surface area contributed by atoms with Crippen molar-refractivity contribution in [3.8, 4) is 5.75 Å². The summed E-state index contributed by atoms with van der Waals surface area (Å²) in [5, 5.41) is 8.58. The third-order valence-corrected chi connectivity index (χ3v) is 2.03. The first-order valence-electron chi connectivity index (χ1n) is 5.19. The van der Waals surface area contributed by atoms with Crippen molar-refractivity contribution in [1.82, 2.24) is 0 Å². The number of aryl methyl sites for hydroxylation is 1. The third-order valence-electron chi connectivity index (χ3n) is 2.03. The van der Waals surface area contributed by atoms with E-state index in [-0.39, 0.29) is 6.61 Å². The Kier molecular flexibility index (Phi) is 5.08. The lowest BCUT2D eigenvalue weighted by Gasteiger charge is -2.05. The SMILES string of the molecule is CCCc1ccc(OCCCO)cc1. The van der Waals surface area contributed by atoms with Crippen molar-refractivity contribution in [3.05, 3.63) is 29.8 Å². The summed E-state index contributed by atoms with van der Waals surface area (Å²) in [6, 6.07) is 8.17. The van der Waals surface area contributed by atoms with E-state index in [1.54, 1.807) is 0 Å². The molecule has 1 aromatic carbocycles. The van der Waals surface area contributed by atoms with Gasteiger partial charge in [0.1, 0.15) is 5.75 Å². The Bertz CT molecular complexity index is 241. The summed E-state index contributed by atoms with van der Waals surface area (Å²) in [4.78, 5) is 0. The minimum absolute atomic E-state index is 0.188. The maximum Gasteiger partial charge on any atom is 0.119 e. The highest BCUT2D eigenvalue weighted by molar-refractivity contribution is 5.27. The molecule has 0 amide bonds. The van der Waals surface area contributed by atoms with Gasteiger partial charge in [0, 0.05) is 13.0 Å². The summed E-state index contributed by atoms with van der Waals surface area (Å²) < 4.78 is 5.42. The van der Waals surface area contributed by atoms with Gasteiger partial charge in [-0.05, 0) is 24.1 Å². The molecule has 1 rings (SSSR count). The zero-order valence-corrected chi connectivity index (χ0v) is 8.70. The fourth-order valence-corrected chi connectivity index (χ4v) is 1.30. The van der Waals surface area contributed by atoms with E-state index >= 15 is 0 Å². The monoisotopic (exact) mass is 194 g/mol. The lowest BCUT2D eigenvalue weighted by atomic mass is 10.1. The van der Waals surface area contributed by atoms with Crippen LogP contribution in [-0.4, -0.2) is 18.3 Å². The van der Waals surface area contributed by atoms with Crippen LogP contribution < -0.4 is 4.74 Å². The zero-order valence-electron chi connectivity index (χ0n) is 8.70. The molecule has 0 unspecified atom stereocenters. The number of hydrogen-bond donors (Lipinski definition) is 1. The van der Waals surface area contributed by atoms with Crippen LogP contribution in [0.3, 0.4) is 0 Å². The van der Waals surface area contributed by atoms with E-state index in [4.69, 9.17) is 9.84 Å². The van der Waals surface area contributed by atoms with Gasteiger partial charge < -0.3 is 9.84 Å². The van der Waals surface area contributed by atoms with Crippen molar-refractivity contribution < 1.29 is 9.84 Å². The first-order valence-corrected chi connectivity index (χ1v) is 5.19. The van der Waals surface area contributed by atoms with Crippen molar-refractivity contribution in [1.29, 1.82) is 0 Å². The molecule has 0 aliphatic heterocycles. The van der Waals surface area contributed by atoms with Gasteiger partial charge in [-0.1, -0.05) is 25.5 Å². The average Bonchev–Trinajstić information content (AvgIpc) is 2.21. The molecule has 78 valence electrons. The van der Waals surface area contributed by atoms with Crippen LogP contribution >= 0.6 is 0 Å². The van der Waals surface area contributed by atoms with Crippen molar-refractivity contribution in [3.63, 3.8) is 0 Å². The first-order chi connectivity index (χ1) is 6.86. The molecule has 0 radical (unpaired) electrons. The van der Waals surface area contributed by atoms with E-state index in [0.717, 1.165) is 12.2 Å². The fourth-order valence-electron chi connectivity index (χ4n) is 1.30. The Morgan fingerprint density at radius 3 is 2.50 bits per heavy atom. The molecule has 0 saturated carbocycles. The molecular weight excluding hydrogens is 176 g/mol. The van der Waals surface area contributed by atoms with Crippen LogP contribution in [0.4, 0.5) is 0 Å². The summed E-state index contributed by atoms with van der Waals surface area (Å²) >= 11 is 0. The van der Waals surface area contributed by atoms with Crippen molar-refractivity contribution in [2.45, 2.75) is 26.2 Å². The van der Waals surface area contributed by atoms with Crippen molar-refractivity contribution in [2.24, 2.45) is 0 Å². The van der Waals surface area contributed by atoms with Crippen LogP contribution in [0.5, 0.6) is 5.75 Å². The molecule has 0 aliphatic rings. The predicted molar refractivity (Wildman–Crippen MR) is 57.6 cm³/mol. The van der Waals surface area contributed by atoms with Crippen LogP contribution in [0.15, 0.2) is 24.3 Å². The third kappa shape index (κ3) is 3.79. The lowest BCUT2D eigenvalue weighted by Crippen LogP contribution is -1.99. The van der Waals surface area contributed by atoms with Gasteiger partial charge in [0.2, 0.25) is 0 Å². The molecule has 2 nitrogen and oxygen atoms in total. The molecule has 0 aromatic heterocycles. The van der Waals surface area contributed by atoms with Gasteiger partial charge in [-0.3, -0.25) is 0 Å². The summed E-state index contributed by atoms with van der Waals surface area (Å²) in [5.41, 5.74) is 1.35. The molecule has 0 aliphatic carbocycles. The minimum Gasteiger partial charge on any atom is -0.494 e. The minimum atomic E-state index is 0.188. The van der Waals surface area contributed by atoms with Crippen LogP contribution in [0.25, 0.3) is 0 Å². The molecule has 0 bridgehead atoms. The quantitative estimate of drug-likeness (QED) is 0.705. The number of aliphatic hydroxyl groups excluding tert-OH is 1. The maximum absolute atomic E-state index is 8.58. The van der Waals surface area contributed by atoms with E-state index in [2.05, 4.69) is 19.1 Å². The molecule has 0 heterocycles. The number of ether oxygens (including phenoxy) is 1. The van der Waals surface area contributed by atoms with Crippen molar-refractivity contribution in [2.75, 3.05) is 13.2 Å². The van der Waals surface area contributed by atoms with E-state index in [1.807, 2.05) is 12.1 Å². The van der Waals surface area contributed by atoms with Crippen LogP contribution in [0.2, 0.25) is 0 Å². The Morgan fingerprint density at radius 2 is 1.93 bits per heavy atom. The first kappa shape index (κ1) is 11.1. The Morgan fingerprint density at radius 1 is 1.21 bits per heavy atom.